The Hall–Kier alpha value is -1.07. The third-order valence-electron chi connectivity index (χ3n) is 1.85. The van der Waals surface area contributed by atoms with Gasteiger partial charge in [-0.2, -0.15) is 0 Å². The Balaban J connectivity index is 2.25. The van der Waals surface area contributed by atoms with Crippen LogP contribution in [0.15, 0.2) is 29.4 Å². The molecule has 0 saturated carbocycles. The molecule has 1 aromatic rings. The molecule has 1 atom stereocenters. The lowest BCUT2D eigenvalue weighted by molar-refractivity contribution is -0.142. The summed E-state index contributed by atoms with van der Waals surface area (Å²) in [4.78, 5) is 16.0. The van der Waals surface area contributed by atoms with Gasteiger partial charge in [0, 0.05) is 23.0 Å². The van der Waals surface area contributed by atoms with E-state index in [-0.39, 0.29) is 5.97 Å². The summed E-state index contributed by atoms with van der Waals surface area (Å²) in [7, 11) is 1.35. The van der Waals surface area contributed by atoms with Gasteiger partial charge in [-0.05, 0) is 18.6 Å². The summed E-state index contributed by atoms with van der Waals surface area (Å²) in [5, 5.41) is 0. The van der Waals surface area contributed by atoms with Crippen molar-refractivity contribution < 1.29 is 9.53 Å². The number of methoxy groups -OCH3 is 1. The van der Waals surface area contributed by atoms with Gasteiger partial charge in [-0.3, -0.25) is 9.78 Å². The molecular formula is C10H14N2O2S. The molecule has 0 radical (unpaired) electrons. The second-order valence-corrected chi connectivity index (χ2v) is 4.12. The number of thioether (sulfide) groups is 1. The van der Waals surface area contributed by atoms with Gasteiger partial charge in [0.1, 0.15) is 6.04 Å². The lowest BCUT2D eigenvalue weighted by Gasteiger charge is -2.08. The Morgan fingerprint density at radius 1 is 1.60 bits per heavy atom. The van der Waals surface area contributed by atoms with Crippen molar-refractivity contribution in [2.45, 2.75) is 17.4 Å². The molecule has 4 nitrogen and oxygen atoms in total. The maximum atomic E-state index is 11.0. The summed E-state index contributed by atoms with van der Waals surface area (Å²) in [6.45, 7) is 0. The molecule has 1 aromatic heterocycles. The van der Waals surface area contributed by atoms with Gasteiger partial charge < -0.3 is 10.5 Å². The molecule has 0 aliphatic rings. The van der Waals surface area contributed by atoms with Gasteiger partial charge in [0.05, 0.1) is 7.11 Å². The van der Waals surface area contributed by atoms with Crippen LogP contribution in [0.1, 0.15) is 6.42 Å². The number of nitrogens with two attached hydrogens (primary N) is 1. The van der Waals surface area contributed by atoms with E-state index in [2.05, 4.69) is 9.72 Å². The van der Waals surface area contributed by atoms with Crippen molar-refractivity contribution in [2.75, 3.05) is 12.9 Å². The first-order chi connectivity index (χ1) is 7.24. The Bertz CT molecular complexity index is 306. The van der Waals surface area contributed by atoms with Crippen LogP contribution in [-0.2, 0) is 9.53 Å². The van der Waals surface area contributed by atoms with Crippen LogP contribution in [0.2, 0.25) is 0 Å². The predicted octanol–water partition coefficient (Wildman–Crippen LogP) is 1.06. The molecule has 0 fully saturated rings. The quantitative estimate of drug-likeness (QED) is 0.601. The molecule has 0 spiro atoms. The number of pyridine rings is 1. The summed E-state index contributed by atoms with van der Waals surface area (Å²) in [6, 6.07) is 3.33. The molecule has 0 aliphatic heterocycles. The standard InChI is InChI=1S/C10H14N2O2S/c1-14-10(13)9(11)4-7-15-8-2-5-12-6-3-8/h2-3,5-6,9H,4,7,11H2,1H3. The van der Waals surface area contributed by atoms with E-state index in [1.807, 2.05) is 12.1 Å². The monoisotopic (exact) mass is 226 g/mol. The molecule has 15 heavy (non-hydrogen) atoms. The van der Waals surface area contributed by atoms with Gasteiger partial charge in [0.25, 0.3) is 0 Å². The zero-order chi connectivity index (χ0) is 11.1. The molecule has 82 valence electrons. The van der Waals surface area contributed by atoms with Crippen LogP contribution in [0, 0.1) is 0 Å². The number of rotatable bonds is 5. The summed E-state index contributed by atoms with van der Waals surface area (Å²) < 4.78 is 4.53. The minimum Gasteiger partial charge on any atom is -0.468 e. The molecule has 1 unspecified atom stereocenters. The van der Waals surface area contributed by atoms with E-state index in [1.165, 1.54) is 7.11 Å². The number of ether oxygens (including phenoxy) is 1. The second kappa shape index (κ2) is 6.42. The Kier molecular flexibility index (Phi) is 5.14. The average Bonchev–Trinajstić information content (AvgIpc) is 2.29. The fourth-order valence-corrected chi connectivity index (χ4v) is 1.93. The molecule has 0 aromatic carbocycles. The van der Waals surface area contributed by atoms with Crippen LogP contribution in [0.4, 0.5) is 0 Å². The molecule has 0 saturated heterocycles. The topological polar surface area (TPSA) is 65.2 Å². The van der Waals surface area contributed by atoms with Crippen LogP contribution in [0.25, 0.3) is 0 Å². The lowest BCUT2D eigenvalue weighted by Crippen LogP contribution is -2.31. The minimum absolute atomic E-state index is 0.356. The molecule has 0 bridgehead atoms. The summed E-state index contributed by atoms with van der Waals surface area (Å²) >= 11 is 1.65. The average molecular weight is 226 g/mol. The number of esters is 1. The van der Waals surface area contributed by atoms with Gasteiger partial charge in [-0.15, -0.1) is 11.8 Å². The number of carbonyl (C=O) groups is 1. The molecule has 0 aliphatic carbocycles. The smallest absolute Gasteiger partial charge is 0.322 e. The third kappa shape index (κ3) is 4.31. The lowest BCUT2D eigenvalue weighted by atomic mass is 10.2. The van der Waals surface area contributed by atoms with E-state index in [4.69, 9.17) is 5.73 Å². The highest BCUT2D eigenvalue weighted by Crippen LogP contribution is 2.17. The van der Waals surface area contributed by atoms with Gasteiger partial charge in [-0.1, -0.05) is 0 Å². The highest BCUT2D eigenvalue weighted by atomic mass is 32.2. The Morgan fingerprint density at radius 2 is 2.27 bits per heavy atom. The number of nitrogens with zero attached hydrogens (tertiary/aromatic N) is 1. The maximum Gasteiger partial charge on any atom is 0.322 e. The highest BCUT2D eigenvalue weighted by molar-refractivity contribution is 7.99. The normalized spacial score (nSPS) is 12.1. The van der Waals surface area contributed by atoms with Crippen molar-refractivity contribution in [3.8, 4) is 0 Å². The summed E-state index contributed by atoms with van der Waals surface area (Å²) in [5.74, 6) is 0.436. The van der Waals surface area contributed by atoms with Gasteiger partial charge in [0.2, 0.25) is 0 Å². The Labute approximate surface area is 93.2 Å². The van der Waals surface area contributed by atoms with Crippen molar-refractivity contribution in [1.29, 1.82) is 0 Å². The molecule has 1 rings (SSSR count). The van der Waals surface area contributed by atoms with Crippen LogP contribution >= 0.6 is 11.8 Å². The maximum absolute atomic E-state index is 11.0. The van der Waals surface area contributed by atoms with Crippen LogP contribution in [0.5, 0.6) is 0 Å². The molecular weight excluding hydrogens is 212 g/mol. The summed E-state index contributed by atoms with van der Waals surface area (Å²) in [6.07, 6.45) is 4.09. The SMILES string of the molecule is COC(=O)C(N)CCSc1ccncc1. The Morgan fingerprint density at radius 3 is 2.87 bits per heavy atom. The van der Waals surface area contributed by atoms with E-state index in [0.717, 1.165) is 10.6 Å². The number of hydrogen-bond acceptors (Lipinski definition) is 5. The third-order valence-corrected chi connectivity index (χ3v) is 2.90. The van der Waals surface area contributed by atoms with E-state index < -0.39 is 6.04 Å². The van der Waals surface area contributed by atoms with E-state index in [9.17, 15) is 4.79 Å². The van der Waals surface area contributed by atoms with Crippen LogP contribution in [0.3, 0.4) is 0 Å². The van der Waals surface area contributed by atoms with E-state index in [0.29, 0.717) is 6.42 Å². The number of hydrogen-bond donors (Lipinski definition) is 1. The van der Waals surface area contributed by atoms with Crippen LogP contribution in [-0.4, -0.2) is 29.9 Å². The van der Waals surface area contributed by atoms with Crippen LogP contribution < -0.4 is 5.73 Å². The van der Waals surface area contributed by atoms with Gasteiger partial charge in [-0.25, -0.2) is 0 Å². The minimum atomic E-state index is -0.524. The summed E-state index contributed by atoms with van der Waals surface area (Å²) in [5.41, 5.74) is 5.59. The fraction of sp³-hybridized carbons (Fsp3) is 0.400. The first-order valence-electron chi connectivity index (χ1n) is 4.60. The molecule has 5 heteroatoms. The van der Waals surface area contributed by atoms with Crippen molar-refractivity contribution >= 4 is 17.7 Å². The van der Waals surface area contributed by atoms with Crippen molar-refractivity contribution in [1.82, 2.24) is 4.98 Å². The molecule has 2 N–H and O–H groups in total. The second-order valence-electron chi connectivity index (χ2n) is 2.95. The predicted molar refractivity (Wildman–Crippen MR) is 59.6 cm³/mol. The number of carbonyl (C=O) groups excluding carboxylic acids is 1. The largest absolute Gasteiger partial charge is 0.468 e. The first-order valence-corrected chi connectivity index (χ1v) is 5.59. The fourth-order valence-electron chi connectivity index (χ4n) is 1.01. The first kappa shape index (κ1) is 12.0. The van der Waals surface area contributed by atoms with Crippen molar-refractivity contribution in [2.24, 2.45) is 5.73 Å². The van der Waals surface area contributed by atoms with E-state index >= 15 is 0 Å². The molecule has 0 amide bonds. The van der Waals surface area contributed by atoms with Gasteiger partial charge >= 0.3 is 5.97 Å². The zero-order valence-corrected chi connectivity index (χ0v) is 9.37. The van der Waals surface area contributed by atoms with Crippen molar-refractivity contribution in [3.05, 3.63) is 24.5 Å². The number of aromatic nitrogens is 1. The van der Waals surface area contributed by atoms with Crippen molar-refractivity contribution in [3.63, 3.8) is 0 Å². The molecule has 1 heterocycles. The van der Waals surface area contributed by atoms with E-state index in [1.54, 1.807) is 24.2 Å². The van der Waals surface area contributed by atoms with Gasteiger partial charge in [0.15, 0.2) is 0 Å². The zero-order valence-electron chi connectivity index (χ0n) is 8.55. The highest BCUT2D eigenvalue weighted by Gasteiger charge is 2.12.